The van der Waals surface area contributed by atoms with Crippen molar-refractivity contribution in [2.45, 2.75) is 32.6 Å². The van der Waals surface area contributed by atoms with Crippen molar-refractivity contribution in [2.75, 3.05) is 37.7 Å². The SMILES string of the molecule is CCCCCCOc1ccc(N2CCNCC2)c(F)c1. The number of benzene rings is 1. The molecule has 0 saturated carbocycles. The standard InChI is InChI=1S/C16H25FN2O/c1-2-3-4-5-12-20-14-6-7-16(15(17)13-14)19-10-8-18-9-11-19/h6-7,13,18H,2-5,8-12H2,1H3. The van der Waals surface area contributed by atoms with Gasteiger partial charge in [-0.05, 0) is 18.6 Å². The zero-order valence-electron chi connectivity index (χ0n) is 12.3. The van der Waals surface area contributed by atoms with Crippen LogP contribution in [0.4, 0.5) is 10.1 Å². The number of unbranched alkanes of at least 4 members (excludes halogenated alkanes) is 3. The van der Waals surface area contributed by atoms with Gasteiger partial charge in [0.1, 0.15) is 11.6 Å². The second kappa shape index (κ2) is 8.10. The average Bonchev–Trinajstić information content (AvgIpc) is 2.48. The van der Waals surface area contributed by atoms with Crippen LogP contribution in [0.5, 0.6) is 5.75 Å². The number of rotatable bonds is 7. The molecular formula is C16H25FN2O. The van der Waals surface area contributed by atoms with Gasteiger partial charge in [-0.25, -0.2) is 4.39 Å². The van der Waals surface area contributed by atoms with E-state index in [9.17, 15) is 4.39 Å². The number of nitrogens with one attached hydrogen (secondary N) is 1. The quantitative estimate of drug-likeness (QED) is 0.776. The number of piperazine rings is 1. The Kier molecular flexibility index (Phi) is 6.12. The van der Waals surface area contributed by atoms with Crippen molar-refractivity contribution in [1.29, 1.82) is 0 Å². The summed E-state index contributed by atoms with van der Waals surface area (Å²) in [6.45, 7) is 6.39. The van der Waals surface area contributed by atoms with Crippen molar-refractivity contribution in [2.24, 2.45) is 0 Å². The second-order valence-corrected chi connectivity index (χ2v) is 5.26. The Hall–Kier alpha value is -1.29. The van der Waals surface area contributed by atoms with Crippen molar-refractivity contribution >= 4 is 5.69 Å². The summed E-state index contributed by atoms with van der Waals surface area (Å²) in [7, 11) is 0. The molecule has 1 fully saturated rings. The van der Waals surface area contributed by atoms with Crippen LogP contribution in [0.1, 0.15) is 32.6 Å². The predicted octanol–water partition coefficient (Wildman–Crippen LogP) is 3.19. The van der Waals surface area contributed by atoms with Gasteiger partial charge in [0.15, 0.2) is 0 Å². The molecular weight excluding hydrogens is 255 g/mol. The molecule has 0 radical (unpaired) electrons. The summed E-state index contributed by atoms with van der Waals surface area (Å²) in [5.74, 6) is 0.454. The molecule has 1 saturated heterocycles. The molecule has 0 amide bonds. The van der Waals surface area contributed by atoms with Crippen LogP contribution in [0.15, 0.2) is 18.2 Å². The van der Waals surface area contributed by atoms with E-state index in [2.05, 4.69) is 17.1 Å². The normalized spacial score (nSPS) is 15.4. The van der Waals surface area contributed by atoms with Crippen LogP contribution in [0.25, 0.3) is 0 Å². The molecule has 3 nitrogen and oxygen atoms in total. The van der Waals surface area contributed by atoms with Gasteiger partial charge in [0.2, 0.25) is 0 Å². The molecule has 112 valence electrons. The summed E-state index contributed by atoms with van der Waals surface area (Å²) in [6.07, 6.45) is 4.67. The third-order valence-electron chi connectivity index (χ3n) is 3.64. The molecule has 1 aliphatic rings. The fraction of sp³-hybridized carbons (Fsp3) is 0.625. The topological polar surface area (TPSA) is 24.5 Å². The Balaban J connectivity index is 1.85. The Morgan fingerprint density at radius 1 is 1.20 bits per heavy atom. The van der Waals surface area contributed by atoms with Gasteiger partial charge in [-0.3, -0.25) is 0 Å². The van der Waals surface area contributed by atoms with Gasteiger partial charge in [-0.15, -0.1) is 0 Å². The van der Waals surface area contributed by atoms with E-state index in [1.807, 2.05) is 12.1 Å². The van der Waals surface area contributed by atoms with Crippen molar-refractivity contribution in [3.8, 4) is 5.75 Å². The van der Waals surface area contributed by atoms with Crippen LogP contribution in [0.2, 0.25) is 0 Å². The highest BCUT2D eigenvalue weighted by Crippen LogP contribution is 2.24. The van der Waals surface area contributed by atoms with Crippen molar-refractivity contribution in [3.05, 3.63) is 24.0 Å². The Morgan fingerprint density at radius 2 is 2.00 bits per heavy atom. The highest BCUT2D eigenvalue weighted by molar-refractivity contribution is 5.51. The molecule has 0 bridgehead atoms. The lowest BCUT2D eigenvalue weighted by Gasteiger charge is -2.29. The monoisotopic (exact) mass is 280 g/mol. The molecule has 20 heavy (non-hydrogen) atoms. The summed E-state index contributed by atoms with van der Waals surface area (Å²) in [4.78, 5) is 2.08. The summed E-state index contributed by atoms with van der Waals surface area (Å²) >= 11 is 0. The van der Waals surface area contributed by atoms with Crippen LogP contribution in [0.3, 0.4) is 0 Å². The fourth-order valence-electron chi connectivity index (χ4n) is 2.46. The highest BCUT2D eigenvalue weighted by Gasteiger charge is 2.14. The van der Waals surface area contributed by atoms with E-state index in [0.29, 0.717) is 18.0 Å². The summed E-state index contributed by atoms with van der Waals surface area (Å²) in [5, 5.41) is 3.27. The van der Waals surface area contributed by atoms with Gasteiger partial charge in [-0.2, -0.15) is 0 Å². The molecule has 1 N–H and O–H groups in total. The molecule has 0 atom stereocenters. The third-order valence-corrected chi connectivity index (χ3v) is 3.64. The van der Waals surface area contributed by atoms with E-state index >= 15 is 0 Å². The molecule has 0 aliphatic carbocycles. The third kappa shape index (κ3) is 4.37. The number of ether oxygens (including phenoxy) is 1. The van der Waals surface area contributed by atoms with Crippen LogP contribution in [0, 0.1) is 5.82 Å². The van der Waals surface area contributed by atoms with Gasteiger partial charge < -0.3 is 15.0 Å². The van der Waals surface area contributed by atoms with Crippen LogP contribution < -0.4 is 15.0 Å². The van der Waals surface area contributed by atoms with Gasteiger partial charge in [0.25, 0.3) is 0 Å². The maximum absolute atomic E-state index is 14.1. The minimum atomic E-state index is -0.182. The number of anilines is 1. The molecule has 0 unspecified atom stereocenters. The van der Waals surface area contributed by atoms with E-state index in [-0.39, 0.29) is 5.82 Å². The van der Waals surface area contributed by atoms with E-state index in [0.717, 1.165) is 32.6 Å². The van der Waals surface area contributed by atoms with Crippen LogP contribution >= 0.6 is 0 Å². The first-order valence-electron chi connectivity index (χ1n) is 7.69. The fourth-order valence-corrected chi connectivity index (χ4v) is 2.46. The zero-order chi connectivity index (χ0) is 14.2. The maximum atomic E-state index is 14.1. The first-order chi connectivity index (χ1) is 9.81. The molecule has 4 heteroatoms. The first-order valence-corrected chi connectivity index (χ1v) is 7.69. The number of hydrogen-bond acceptors (Lipinski definition) is 3. The van der Waals surface area contributed by atoms with E-state index in [1.54, 1.807) is 0 Å². The van der Waals surface area contributed by atoms with Gasteiger partial charge in [-0.1, -0.05) is 26.2 Å². The molecule has 0 aromatic heterocycles. The zero-order valence-corrected chi connectivity index (χ0v) is 12.3. The second-order valence-electron chi connectivity index (χ2n) is 5.26. The molecule has 1 aromatic carbocycles. The first kappa shape index (κ1) is 15.1. The van der Waals surface area contributed by atoms with E-state index < -0.39 is 0 Å². The Bertz CT molecular complexity index is 405. The minimum absolute atomic E-state index is 0.182. The molecule has 1 aliphatic heterocycles. The number of halogens is 1. The summed E-state index contributed by atoms with van der Waals surface area (Å²) in [5.41, 5.74) is 0.685. The lowest BCUT2D eigenvalue weighted by Crippen LogP contribution is -2.43. The van der Waals surface area contributed by atoms with Gasteiger partial charge in [0.05, 0.1) is 12.3 Å². The minimum Gasteiger partial charge on any atom is -0.493 e. The summed E-state index contributed by atoms with van der Waals surface area (Å²) < 4.78 is 19.7. The number of hydrogen-bond donors (Lipinski definition) is 1. The maximum Gasteiger partial charge on any atom is 0.150 e. The lowest BCUT2D eigenvalue weighted by molar-refractivity contribution is 0.303. The smallest absolute Gasteiger partial charge is 0.150 e. The number of nitrogens with zero attached hydrogens (tertiary/aromatic N) is 1. The average molecular weight is 280 g/mol. The van der Waals surface area contributed by atoms with Crippen molar-refractivity contribution in [1.82, 2.24) is 5.32 Å². The highest BCUT2D eigenvalue weighted by atomic mass is 19.1. The van der Waals surface area contributed by atoms with Gasteiger partial charge in [0, 0.05) is 32.2 Å². The van der Waals surface area contributed by atoms with Crippen molar-refractivity contribution in [3.63, 3.8) is 0 Å². The van der Waals surface area contributed by atoms with E-state index in [1.165, 1.54) is 25.3 Å². The molecule has 2 rings (SSSR count). The van der Waals surface area contributed by atoms with E-state index in [4.69, 9.17) is 4.74 Å². The van der Waals surface area contributed by atoms with Crippen LogP contribution in [-0.4, -0.2) is 32.8 Å². The van der Waals surface area contributed by atoms with Crippen molar-refractivity contribution < 1.29 is 9.13 Å². The molecule has 1 heterocycles. The largest absolute Gasteiger partial charge is 0.493 e. The molecule has 1 aromatic rings. The molecule has 0 spiro atoms. The Labute approximate surface area is 121 Å². The lowest BCUT2D eigenvalue weighted by atomic mass is 10.2. The van der Waals surface area contributed by atoms with Crippen LogP contribution in [-0.2, 0) is 0 Å². The summed E-state index contributed by atoms with van der Waals surface area (Å²) in [6, 6.07) is 5.22. The van der Waals surface area contributed by atoms with Gasteiger partial charge >= 0.3 is 0 Å². The Morgan fingerprint density at radius 3 is 2.70 bits per heavy atom. The predicted molar refractivity (Wildman–Crippen MR) is 81.1 cm³/mol.